The van der Waals surface area contributed by atoms with Gasteiger partial charge in [-0.05, 0) is 30.9 Å². The van der Waals surface area contributed by atoms with Gasteiger partial charge in [0.05, 0.1) is 5.57 Å². The summed E-state index contributed by atoms with van der Waals surface area (Å²) in [6.45, 7) is 6.39. The molecule has 0 heterocycles. The molecule has 1 aliphatic rings. The molecular formula is C16H27NO2S. The molecule has 0 aromatic carbocycles. The number of aliphatic hydroxyl groups excluding tert-OH is 1. The van der Waals surface area contributed by atoms with Gasteiger partial charge in [-0.3, -0.25) is 9.79 Å². The first kappa shape index (κ1) is 17.3. The van der Waals surface area contributed by atoms with Gasteiger partial charge < -0.3 is 5.11 Å². The van der Waals surface area contributed by atoms with Crippen molar-refractivity contribution in [1.29, 1.82) is 0 Å². The van der Waals surface area contributed by atoms with Crippen molar-refractivity contribution < 1.29 is 9.90 Å². The van der Waals surface area contributed by atoms with Crippen LogP contribution in [0.3, 0.4) is 0 Å². The van der Waals surface area contributed by atoms with Crippen LogP contribution < -0.4 is 0 Å². The van der Waals surface area contributed by atoms with E-state index in [-0.39, 0.29) is 11.5 Å². The van der Waals surface area contributed by atoms with Gasteiger partial charge in [0.25, 0.3) is 0 Å². The Labute approximate surface area is 126 Å². The molecule has 0 amide bonds. The van der Waals surface area contributed by atoms with Crippen molar-refractivity contribution in [1.82, 2.24) is 0 Å². The third-order valence-corrected chi connectivity index (χ3v) is 4.78. The maximum Gasteiger partial charge on any atom is 0.168 e. The SMILES string of the molecule is CCCC(O)=C1C(=O)C[C@@H](C[C@H](C)SCC)CC1=NC. The van der Waals surface area contributed by atoms with E-state index in [1.54, 1.807) is 7.05 Å². The van der Waals surface area contributed by atoms with Crippen molar-refractivity contribution in [2.24, 2.45) is 10.9 Å². The fourth-order valence-corrected chi connectivity index (χ4v) is 3.83. The van der Waals surface area contributed by atoms with Crippen LogP contribution in [0.2, 0.25) is 0 Å². The van der Waals surface area contributed by atoms with Crippen LogP contribution in [0.25, 0.3) is 0 Å². The maximum absolute atomic E-state index is 12.3. The van der Waals surface area contributed by atoms with E-state index in [0.29, 0.717) is 29.6 Å². The second-order valence-corrected chi connectivity index (χ2v) is 7.16. The minimum absolute atomic E-state index is 0.0708. The van der Waals surface area contributed by atoms with E-state index in [2.05, 4.69) is 18.8 Å². The number of hydrogen-bond donors (Lipinski definition) is 1. The molecule has 0 saturated heterocycles. The second-order valence-electron chi connectivity index (χ2n) is 5.44. The molecule has 20 heavy (non-hydrogen) atoms. The number of aliphatic imine (C=N–C) groups is 1. The molecule has 1 rings (SSSR count). The number of allylic oxidation sites excluding steroid dienone is 2. The van der Waals surface area contributed by atoms with E-state index in [4.69, 9.17) is 0 Å². The lowest BCUT2D eigenvalue weighted by Crippen LogP contribution is -2.29. The third-order valence-electron chi connectivity index (χ3n) is 3.69. The van der Waals surface area contributed by atoms with E-state index >= 15 is 0 Å². The molecule has 0 radical (unpaired) electrons. The van der Waals surface area contributed by atoms with Crippen molar-refractivity contribution >= 4 is 23.3 Å². The minimum Gasteiger partial charge on any atom is -0.511 e. The minimum atomic E-state index is 0.0708. The number of rotatable bonds is 6. The summed E-state index contributed by atoms with van der Waals surface area (Å²) in [7, 11) is 1.72. The average molecular weight is 297 g/mol. The van der Waals surface area contributed by atoms with Crippen LogP contribution in [0.4, 0.5) is 0 Å². The maximum atomic E-state index is 12.3. The zero-order valence-electron chi connectivity index (χ0n) is 13.1. The number of Topliss-reactive ketones (excluding diaryl/α,β-unsaturated/α-hetero) is 1. The van der Waals surface area contributed by atoms with Crippen LogP contribution in [-0.4, -0.2) is 34.7 Å². The van der Waals surface area contributed by atoms with Crippen LogP contribution in [0.1, 0.15) is 52.9 Å². The lowest BCUT2D eigenvalue weighted by molar-refractivity contribution is -0.116. The standard InChI is InChI=1S/C16H27NO2S/c1-5-7-14(18)16-13(17-4)9-12(10-15(16)19)8-11(3)20-6-2/h11-12,18H,5-10H2,1-4H3/t11-,12-/m0/s1. The Balaban J connectivity index is 2.81. The quantitative estimate of drug-likeness (QED) is 0.591. The topological polar surface area (TPSA) is 49.7 Å². The zero-order valence-corrected chi connectivity index (χ0v) is 13.9. The smallest absolute Gasteiger partial charge is 0.168 e. The summed E-state index contributed by atoms with van der Waals surface area (Å²) in [6.07, 6.45) is 3.82. The van der Waals surface area contributed by atoms with Crippen LogP contribution in [0.5, 0.6) is 0 Å². The fourth-order valence-electron chi connectivity index (χ4n) is 2.85. The van der Waals surface area contributed by atoms with Crippen molar-refractivity contribution in [2.45, 2.75) is 58.1 Å². The van der Waals surface area contributed by atoms with Crippen LogP contribution >= 0.6 is 11.8 Å². The molecule has 1 N–H and O–H groups in total. The Morgan fingerprint density at radius 2 is 2.15 bits per heavy atom. The van der Waals surface area contributed by atoms with Crippen LogP contribution in [0, 0.1) is 5.92 Å². The molecule has 1 fully saturated rings. The first-order chi connectivity index (χ1) is 9.53. The number of nitrogens with zero attached hydrogens (tertiary/aromatic N) is 1. The van der Waals surface area contributed by atoms with Crippen molar-refractivity contribution in [3.05, 3.63) is 11.3 Å². The Morgan fingerprint density at radius 3 is 2.70 bits per heavy atom. The van der Waals surface area contributed by atoms with Crippen molar-refractivity contribution in [3.8, 4) is 0 Å². The highest BCUT2D eigenvalue weighted by Crippen LogP contribution is 2.31. The molecule has 1 aliphatic carbocycles. The molecular weight excluding hydrogens is 270 g/mol. The molecule has 0 aromatic heterocycles. The fraction of sp³-hybridized carbons (Fsp3) is 0.750. The Bertz CT molecular complexity index is 401. The van der Waals surface area contributed by atoms with E-state index in [1.165, 1.54) is 0 Å². The van der Waals surface area contributed by atoms with Gasteiger partial charge in [-0.25, -0.2) is 0 Å². The molecule has 0 aliphatic heterocycles. The number of carbonyl (C=O) groups is 1. The Kier molecular flexibility index (Phi) is 7.35. The van der Waals surface area contributed by atoms with Crippen molar-refractivity contribution in [2.75, 3.05) is 12.8 Å². The Morgan fingerprint density at radius 1 is 1.45 bits per heavy atom. The molecule has 2 atom stereocenters. The number of ketones is 1. The highest BCUT2D eigenvalue weighted by atomic mass is 32.2. The summed E-state index contributed by atoms with van der Waals surface area (Å²) in [6, 6.07) is 0. The lowest BCUT2D eigenvalue weighted by Gasteiger charge is -2.27. The molecule has 0 spiro atoms. The Hall–Kier alpha value is -0.770. The summed E-state index contributed by atoms with van der Waals surface area (Å²) >= 11 is 1.94. The zero-order chi connectivity index (χ0) is 15.1. The third kappa shape index (κ3) is 4.65. The molecule has 1 saturated carbocycles. The van der Waals surface area contributed by atoms with E-state index in [1.807, 2.05) is 18.7 Å². The normalized spacial score (nSPS) is 25.9. The molecule has 0 bridgehead atoms. The van der Waals surface area contributed by atoms with Crippen LogP contribution in [-0.2, 0) is 4.79 Å². The summed E-state index contributed by atoms with van der Waals surface area (Å²) in [5.74, 6) is 1.78. The number of aliphatic hydroxyl groups is 1. The van der Waals surface area contributed by atoms with Crippen LogP contribution in [0.15, 0.2) is 16.3 Å². The van der Waals surface area contributed by atoms with E-state index < -0.39 is 0 Å². The molecule has 114 valence electrons. The van der Waals surface area contributed by atoms with Gasteiger partial charge in [0.15, 0.2) is 5.78 Å². The summed E-state index contributed by atoms with van der Waals surface area (Å²) in [4.78, 5) is 16.6. The first-order valence-electron chi connectivity index (χ1n) is 7.56. The predicted molar refractivity (Wildman–Crippen MR) is 87.9 cm³/mol. The summed E-state index contributed by atoms with van der Waals surface area (Å²) in [5, 5.41) is 10.6. The summed E-state index contributed by atoms with van der Waals surface area (Å²) in [5.41, 5.74) is 1.30. The summed E-state index contributed by atoms with van der Waals surface area (Å²) < 4.78 is 0. The lowest BCUT2D eigenvalue weighted by atomic mass is 9.80. The monoisotopic (exact) mass is 297 g/mol. The average Bonchev–Trinajstić information content (AvgIpc) is 2.38. The number of hydrogen-bond acceptors (Lipinski definition) is 4. The number of thioether (sulfide) groups is 1. The van der Waals surface area contributed by atoms with E-state index in [0.717, 1.165) is 30.7 Å². The van der Waals surface area contributed by atoms with Gasteiger partial charge in [0.2, 0.25) is 0 Å². The first-order valence-corrected chi connectivity index (χ1v) is 8.61. The number of carbonyl (C=O) groups excluding carboxylic acids is 1. The predicted octanol–water partition coefficient (Wildman–Crippen LogP) is 4.18. The highest BCUT2D eigenvalue weighted by Gasteiger charge is 2.31. The van der Waals surface area contributed by atoms with Gasteiger partial charge >= 0.3 is 0 Å². The van der Waals surface area contributed by atoms with Gasteiger partial charge in [0.1, 0.15) is 5.76 Å². The van der Waals surface area contributed by atoms with Gasteiger partial charge in [0, 0.05) is 30.9 Å². The van der Waals surface area contributed by atoms with Gasteiger partial charge in [-0.2, -0.15) is 11.8 Å². The molecule has 0 aromatic rings. The molecule has 4 heteroatoms. The molecule has 0 unspecified atom stereocenters. The van der Waals surface area contributed by atoms with Gasteiger partial charge in [-0.15, -0.1) is 0 Å². The highest BCUT2D eigenvalue weighted by molar-refractivity contribution is 7.99. The van der Waals surface area contributed by atoms with Gasteiger partial charge in [-0.1, -0.05) is 20.8 Å². The molecule has 3 nitrogen and oxygen atoms in total. The van der Waals surface area contributed by atoms with E-state index in [9.17, 15) is 9.90 Å². The largest absolute Gasteiger partial charge is 0.511 e. The van der Waals surface area contributed by atoms with Crippen molar-refractivity contribution in [3.63, 3.8) is 0 Å². The second kappa shape index (κ2) is 8.50.